The van der Waals surface area contributed by atoms with Gasteiger partial charge in [-0.3, -0.25) is 0 Å². The highest BCUT2D eigenvalue weighted by molar-refractivity contribution is 6.25. The van der Waals surface area contributed by atoms with Gasteiger partial charge in [-0.05, 0) is 137 Å². The van der Waals surface area contributed by atoms with Gasteiger partial charge in [0.25, 0.3) is 0 Å². The molecule has 0 spiro atoms. The number of hydrogen-bond donors (Lipinski definition) is 0. The lowest BCUT2D eigenvalue weighted by Gasteiger charge is -2.20. The van der Waals surface area contributed by atoms with E-state index in [1.807, 2.05) is 0 Å². The predicted molar refractivity (Wildman–Crippen MR) is 268 cm³/mol. The van der Waals surface area contributed by atoms with E-state index in [2.05, 4.69) is 231 Å². The van der Waals surface area contributed by atoms with Crippen molar-refractivity contribution in [1.82, 2.24) is 0 Å². The van der Waals surface area contributed by atoms with E-state index in [0.29, 0.717) is 0 Å². The molecule has 0 saturated carbocycles. The van der Waals surface area contributed by atoms with Crippen molar-refractivity contribution < 1.29 is 0 Å². The molecule has 0 saturated heterocycles. The molecule has 13 rings (SSSR count). The van der Waals surface area contributed by atoms with Crippen molar-refractivity contribution in [1.29, 1.82) is 0 Å². The standard InChI is InChI=1S/C62H38/c1-2-18-44-39(14-1)15-11-27-48(44)50-35-32-40(45-19-3-5-21-47(45)50)30-31-41-33-37-58(49-22-6-4-20-46(41)49)62-55-25-9-7-23-53(55)61(54-24-8-10-26-56(54)62)43-34-36-51-52-28-12-16-42-17-13-29-57(60(42)52)59(51)38-43/h1-38H. The topological polar surface area (TPSA) is 0 Å². The van der Waals surface area contributed by atoms with Gasteiger partial charge < -0.3 is 0 Å². The Morgan fingerprint density at radius 1 is 0.226 bits per heavy atom. The Morgan fingerprint density at radius 3 is 1.27 bits per heavy atom. The van der Waals surface area contributed by atoms with Crippen LogP contribution < -0.4 is 0 Å². The van der Waals surface area contributed by atoms with Crippen LogP contribution in [0.2, 0.25) is 0 Å². The molecule has 0 heteroatoms. The minimum absolute atomic E-state index is 1.20. The summed E-state index contributed by atoms with van der Waals surface area (Å²) in [5.41, 5.74) is 15.3. The lowest BCUT2D eigenvalue weighted by Crippen LogP contribution is -1.92. The van der Waals surface area contributed by atoms with Crippen molar-refractivity contribution in [2.24, 2.45) is 0 Å². The van der Waals surface area contributed by atoms with Crippen molar-refractivity contribution in [3.05, 3.63) is 230 Å². The van der Waals surface area contributed by atoms with Gasteiger partial charge in [-0.25, -0.2) is 0 Å². The Kier molecular flexibility index (Phi) is 7.71. The second kappa shape index (κ2) is 13.7. The molecule has 0 atom stereocenters. The van der Waals surface area contributed by atoms with E-state index in [0.717, 1.165) is 0 Å². The molecule has 1 aliphatic carbocycles. The molecule has 0 radical (unpaired) electrons. The molecule has 62 heavy (non-hydrogen) atoms. The Hall–Kier alpha value is -8.06. The molecule has 12 aromatic carbocycles. The van der Waals surface area contributed by atoms with Gasteiger partial charge in [-0.2, -0.15) is 0 Å². The van der Waals surface area contributed by atoms with E-state index in [9.17, 15) is 0 Å². The van der Waals surface area contributed by atoms with Crippen molar-refractivity contribution in [3.63, 3.8) is 0 Å². The lowest BCUT2D eigenvalue weighted by atomic mass is 9.83. The molecule has 0 aromatic heterocycles. The van der Waals surface area contributed by atoms with Gasteiger partial charge in [0.2, 0.25) is 0 Å². The Labute approximate surface area is 360 Å². The van der Waals surface area contributed by atoms with E-state index < -0.39 is 0 Å². The maximum absolute atomic E-state index is 2.44. The molecule has 12 aromatic rings. The van der Waals surface area contributed by atoms with Crippen molar-refractivity contribution >= 4 is 76.8 Å². The summed E-state index contributed by atoms with van der Waals surface area (Å²) in [5.74, 6) is 0. The quantitative estimate of drug-likeness (QED) is 0.120. The first-order valence-electron chi connectivity index (χ1n) is 21.6. The monoisotopic (exact) mass is 782 g/mol. The van der Waals surface area contributed by atoms with Crippen LogP contribution in [0.4, 0.5) is 0 Å². The molecule has 0 N–H and O–H groups in total. The highest BCUT2D eigenvalue weighted by atomic mass is 14.3. The Balaban J connectivity index is 0.955. The van der Waals surface area contributed by atoms with Crippen LogP contribution in [-0.2, 0) is 0 Å². The van der Waals surface area contributed by atoms with Crippen LogP contribution in [0.5, 0.6) is 0 Å². The SMILES string of the molecule is C(=Cc1ccc(-c2c3ccccc3c(-c3ccc4c(c3)-c3cccc5cccc-4c35)c3ccccc23)c2ccccc12)c1ccc(-c2cccc3ccccc23)c2ccccc12. The van der Waals surface area contributed by atoms with Crippen LogP contribution in [-0.4, -0.2) is 0 Å². The first-order chi connectivity index (χ1) is 30.8. The van der Waals surface area contributed by atoms with Crippen LogP contribution in [0.25, 0.3) is 132 Å². The van der Waals surface area contributed by atoms with E-state index in [4.69, 9.17) is 0 Å². The summed E-state index contributed by atoms with van der Waals surface area (Å²) in [6.07, 6.45) is 4.60. The number of hydrogen-bond acceptors (Lipinski definition) is 0. The molecule has 0 nitrogen and oxygen atoms in total. The first-order valence-corrected chi connectivity index (χ1v) is 21.6. The molecular formula is C62H38. The van der Waals surface area contributed by atoms with Gasteiger partial charge in [-0.15, -0.1) is 0 Å². The smallest absolute Gasteiger partial charge is 0.00201 e. The molecule has 0 amide bonds. The minimum Gasteiger partial charge on any atom is -0.0616 e. The zero-order valence-corrected chi connectivity index (χ0v) is 33.9. The van der Waals surface area contributed by atoms with Crippen molar-refractivity contribution in [3.8, 4) is 55.6 Å². The van der Waals surface area contributed by atoms with Crippen LogP contribution in [0.1, 0.15) is 11.1 Å². The summed E-state index contributed by atoms with van der Waals surface area (Å²) in [6.45, 7) is 0. The third-order valence-electron chi connectivity index (χ3n) is 13.4. The van der Waals surface area contributed by atoms with Gasteiger partial charge in [0.05, 0.1) is 0 Å². The maximum atomic E-state index is 2.44. The molecule has 0 aliphatic heterocycles. The third kappa shape index (κ3) is 5.20. The van der Waals surface area contributed by atoms with Crippen LogP contribution >= 0.6 is 0 Å². The minimum atomic E-state index is 1.20. The molecule has 0 fully saturated rings. The fourth-order valence-electron chi connectivity index (χ4n) is 10.7. The van der Waals surface area contributed by atoms with E-state index in [1.165, 1.54) is 131 Å². The van der Waals surface area contributed by atoms with Gasteiger partial charge >= 0.3 is 0 Å². The first kappa shape index (κ1) is 34.8. The average molecular weight is 783 g/mol. The number of fused-ring (bicyclic) bond motifs is 8. The maximum Gasteiger partial charge on any atom is -0.00201 e. The molecular weight excluding hydrogens is 745 g/mol. The van der Waals surface area contributed by atoms with Crippen molar-refractivity contribution in [2.75, 3.05) is 0 Å². The van der Waals surface area contributed by atoms with E-state index in [1.54, 1.807) is 0 Å². The van der Waals surface area contributed by atoms with Crippen LogP contribution in [0.3, 0.4) is 0 Å². The summed E-state index contributed by atoms with van der Waals surface area (Å²) in [6, 6.07) is 80.9. The largest absolute Gasteiger partial charge is 0.0616 e. The van der Waals surface area contributed by atoms with Crippen molar-refractivity contribution in [2.45, 2.75) is 0 Å². The fraction of sp³-hybridized carbons (Fsp3) is 0. The van der Waals surface area contributed by atoms with Crippen LogP contribution in [0, 0.1) is 0 Å². The van der Waals surface area contributed by atoms with Gasteiger partial charge in [0.15, 0.2) is 0 Å². The Bertz CT molecular complexity index is 3790. The van der Waals surface area contributed by atoms with E-state index >= 15 is 0 Å². The fourth-order valence-corrected chi connectivity index (χ4v) is 10.7. The molecule has 0 heterocycles. The summed E-state index contributed by atoms with van der Waals surface area (Å²) < 4.78 is 0. The predicted octanol–water partition coefficient (Wildman–Crippen LogP) is 17.4. The molecule has 1 aliphatic rings. The highest BCUT2D eigenvalue weighted by Gasteiger charge is 2.24. The van der Waals surface area contributed by atoms with Gasteiger partial charge in [-0.1, -0.05) is 224 Å². The summed E-state index contributed by atoms with van der Waals surface area (Å²) >= 11 is 0. The summed E-state index contributed by atoms with van der Waals surface area (Å²) in [5, 5.41) is 15.2. The Morgan fingerprint density at radius 2 is 0.645 bits per heavy atom. The second-order valence-electron chi connectivity index (χ2n) is 16.7. The average Bonchev–Trinajstić information content (AvgIpc) is 3.66. The zero-order valence-electron chi connectivity index (χ0n) is 33.9. The number of benzene rings is 12. The third-order valence-corrected chi connectivity index (χ3v) is 13.4. The summed E-state index contributed by atoms with van der Waals surface area (Å²) in [7, 11) is 0. The highest BCUT2D eigenvalue weighted by Crippen LogP contribution is 2.51. The normalized spacial score (nSPS) is 12.1. The molecule has 0 unspecified atom stereocenters. The molecule has 0 bridgehead atoms. The zero-order chi connectivity index (χ0) is 40.7. The lowest BCUT2D eigenvalue weighted by molar-refractivity contribution is 1.65. The number of rotatable bonds is 5. The van der Waals surface area contributed by atoms with E-state index in [-0.39, 0.29) is 0 Å². The second-order valence-corrected chi connectivity index (χ2v) is 16.7. The summed E-state index contributed by atoms with van der Waals surface area (Å²) in [4.78, 5) is 0. The van der Waals surface area contributed by atoms with Crippen LogP contribution in [0.15, 0.2) is 218 Å². The van der Waals surface area contributed by atoms with Gasteiger partial charge in [0, 0.05) is 0 Å². The van der Waals surface area contributed by atoms with Gasteiger partial charge in [0.1, 0.15) is 0 Å². The molecule has 286 valence electrons.